The molecule has 1 heterocycles. The van der Waals surface area contributed by atoms with Crippen LogP contribution in [0.5, 0.6) is 5.75 Å². The number of esters is 1. The molecule has 1 saturated heterocycles. The van der Waals surface area contributed by atoms with Gasteiger partial charge >= 0.3 is 12.1 Å². The van der Waals surface area contributed by atoms with E-state index in [-0.39, 0.29) is 16.5 Å². The van der Waals surface area contributed by atoms with Crippen LogP contribution in [-0.4, -0.2) is 36.7 Å². The van der Waals surface area contributed by atoms with E-state index < -0.39 is 54.3 Å². The lowest BCUT2D eigenvalue weighted by Gasteiger charge is -2.19. The minimum absolute atomic E-state index is 0.0700. The number of ether oxygens (including phenoxy) is 2. The van der Waals surface area contributed by atoms with Crippen molar-refractivity contribution in [1.82, 2.24) is 0 Å². The quantitative estimate of drug-likeness (QED) is 0.259. The van der Waals surface area contributed by atoms with Gasteiger partial charge in [-0.2, -0.15) is 13.2 Å². The van der Waals surface area contributed by atoms with Crippen molar-refractivity contribution in [3.63, 3.8) is 0 Å². The molecule has 3 atom stereocenters. The highest BCUT2D eigenvalue weighted by Gasteiger charge is 2.49. The van der Waals surface area contributed by atoms with Crippen LogP contribution in [-0.2, 0) is 19.1 Å². The molecule has 0 bridgehead atoms. The summed E-state index contributed by atoms with van der Waals surface area (Å²) in [6.07, 6.45) is -0.872. The van der Waals surface area contributed by atoms with E-state index in [9.17, 15) is 31.9 Å². The van der Waals surface area contributed by atoms with Crippen LogP contribution in [0.4, 0.5) is 23.2 Å². The number of benzene rings is 1. The van der Waals surface area contributed by atoms with Gasteiger partial charge < -0.3 is 9.47 Å². The van der Waals surface area contributed by atoms with Crippen LogP contribution in [0.3, 0.4) is 0 Å². The van der Waals surface area contributed by atoms with Crippen LogP contribution >= 0.6 is 11.6 Å². The molecule has 1 aromatic rings. The zero-order valence-corrected chi connectivity index (χ0v) is 17.7. The lowest BCUT2D eigenvalue weighted by molar-refractivity contribution is -0.182. The molecular formula is C21H20ClF4NO5. The van der Waals surface area contributed by atoms with Gasteiger partial charge in [-0.05, 0) is 31.9 Å². The molecule has 0 N–H and O–H groups in total. The summed E-state index contributed by atoms with van der Waals surface area (Å²) in [4.78, 5) is 37.7. The molecule has 0 spiro atoms. The lowest BCUT2D eigenvalue weighted by Crippen LogP contribution is -2.31. The van der Waals surface area contributed by atoms with E-state index in [4.69, 9.17) is 16.3 Å². The van der Waals surface area contributed by atoms with Crippen molar-refractivity contribution in [3.8, 4) is 5.75 Å². The van der Waals surface area contributed by atoms with Gasteiger partial charge in [-0.3, -0.25) is 9.59 Å². The van der Waals surface area contributed by atoms with E-state index in [1.807, 2.05) is 0 Å². The van der Waals surface area contributed by atoms with Crippen LogP contribution in [0, 0.1) is 17.7 Å². The summed E-state index contributed by atoms with van der Waals surface area (Å²) in [5.41, 5.74) is -0.283. The number of nitrogens with zero attached hydrogens (tertiary/aromatic N) is 1. The maximum atomic E-state index is 14.6. The molecule has 32 heavy (non-hydrogen) atoms. The van der Waals surface area contributed by atoms with Crippen molar-refractivity contribution in [2.45, 2.75) is 44.9 Å². The maximum Gasteiger partial charge on any atom is 0.422 e. The van der Waals surface area contributed by atoms with Crippen molar-refractivity contribution in [1.29, 1.82) is 0 Å². The second kappa shape index (κ2) is 9.48. The Balaban J connectivity index is 1.74. The number of hydrogen-bond acceptors (Lipinski definition) is 5. The van der Waals surface area contributed by atoms with Crippen LogP contribution < -0.4 is 9.64 Å². The monoisotopic (exact) mass is 477 g/mol. The lowest BCUT2D eigenvalue weighted by atomic mass is 9.81. The van der Waals surface area contributed by atoms with Gasteiger partial charge in [-0.25, -0.2) is 14.1 Å². The first-order valence-electron chi connectivity index (χ1n) is 9.93. The van der Waals surface area contributed by atoms with E-state index >= 15 is 0 Å². The van der Waals surface area contributed by atoms with Crippen LogP contribution in [0.25, 0.3) is 0 Å². The molecule has 174 valence electrons. The average Bonchev–Trinajstić information content (AvgIpc) is 2.97. The minimum Gasteiger partial charge on any atom is -0.485 e. The largest absolute Gasteiger partial charge is 0.485 e. The third-order valence-corrected chi connectivity index (χ3v) is 5.57. The Hall–Kier alpha value is -2.62. The summed E-state index contributed by atoms with van der Waals surface area (Å²) in [5.74, 6) is -4.04. The van der Waals surface area contributed by atoms with Crippen molar-refractivity contribution >= 4 is 35.1 Å². The summed E-state index contributed by atoms with van der Waals surface area (Å²) in [6, 6.07) is 2.03. The molecule has 6 nitrogen and oxygen atoms in total. The van der Waals surface area contributed by atoms with Gasteiger partial charge in [-0.15, -0.1) is 0 Å². The zero-order chi connectivity index (χ0) is 23.6. The SMILES string of the molecule is CC(C=CC(=O)OCC(F)(F)F)Oc1cc(N2C(=O)C3CCCCC3C2=O)c(F)cc1Cl. The molecule has 1 aliphatic heterocycles. The Bertz CT molecular complexity index is 925. The third-order valence-electron chi connectivity index (χ3n) is 5.28. The number of anilines is 1. The number of amides is 2. The van der Waals surface area contributed by atoms with E-state index in [0.717, 1.165) is 42.0 Å². The summed E-state index contributed by atoms with van der Waals surface area (Å²) in [5, 5.41) is -0.150. The van der Waals surface area contributed by atoms with Crippen LogP contribution in [0.1, 0.15) is 32.6 Å². The summed E-state index contributed by atoms with van der Waals surface area (Å²) < 4.78 is 60.4. The molecule has 2 amide bonds. The fraction of sp³-hybridized carbons (Fsp3) is 0.476. The average molecular weight is 478 g/mol. The zero-order valence-electron chi connectivity index (χ0n) is 17.0. The van der Waals surface area contributed by atoms with Gasteiger partial charge in [-0.1, -0.05) is 24.4 Å². The molecule has 3 rings (SSSR count). The molecule has 1 aliphatic carbocycles. The van der Waals surface area contributed by atoms with Crippen LogP contribution in [0.2, 0.25) is 5.02 Å². The highest BCUT2D eigenvalue weighted by molar-refractivity contribution is 6.32. The topological polar surface area (TPSA) is 72.9 Å². The highest BCUT2D eigenvalue weighted by atomic mass is 35.5. The highest BCUT2D eigenvalue weighted by Crippen LogP contribution is 2.42. The van der Waals surface area contributed by atoms with E-state index in [1.165, 1.54) is 6.92 Å². The Kier molecular flexibility index (Phi) is 7.12. The molecular weight excluding hydrogens is 458 g/mol. The number of halogens is 5. The van der Waals surface area contributed by atoms with Gasteiger partial charge in [0.25, 0.3) is 0 Å². The molecule has 3 unspecified atom stereocenters. The molecule has 2 fully saturated rings. The first-order chi connectivity index (χ1) is 15.0. The Morgan fingerprint density at radius 1 is 1.22 bits per heavy atom. The van der Waals surface area contributed by atoms with Crippen molar-refractivity contribution in [2.24, 2.45) is 11.8 Å². The normalized spacial score (nSPS) is 22.2. The van der Waals surface area contributed by atoms with Crippen molar-refractivity contribution < 1.29 is 41.4 Å². The first kappa shape index (κ1) is 24.0. The fourth-order valence-electron chi connectivity index (χ4n) is 3.83. The van der Waals surface area contributed by atoms with E-state index in [2.05, 4.69) is 4.74 Å². The molecule has 1 saturated carbocycles. The smallest absolute Gasteiger partial charge is 0.422 e. The number of carbonyl (C=O) groups is 3. The number of rotatable bonds is 6. The molecule has 1 aromatic carbocycles. The Labute approximate surface area is 186 Å². The molecule has 2 aliphatic rings. The van der Waals surface area contributed by atoms with Gasteiger partial charge in [0, 0.05) is 12.1 Å². The number of alkyl halides is 3. The standard InChI is InChI=1S/C21H20ClF4NO5/c1-11(6-7-18(28)31-10-21(24,25)26)32-17-9-16(15(23)8-14(17)22)27-19(29)12-4-2-3-5-13(12)20(27)30/h6-9,11-13H,2-5,10H2,1H3. The number of fused-ring (bicyclic) bond motifs is 1. The molecule has 11 heteroatoms. The van der Waals surface area contributed by atoms with Gasteiger partial charge in [0.2, 0.25) is 11.8 Å². The van der Waals surface area contributed by atoms with E-state index in [1.54, 1.807) is 0 Å². The summed E-state index contributed by atoms with van der Waals surface area (Å²) in [7, 11) is 0. The summed E-state index contributed by atoms with van der Waals surface area (Å²) in [6.45, 7) is -0.272. The predicted molar refractivity (Wildman–Crippen MR) is 106 cm³/mol. The summed E-state index contributed by atoms with van der Waals surface area (Å²) >= 11 is 6.02. The molecule has 0 radical (unpaired) electrons. The number of carbonyl (C=O) groups excluding carboxylic acids is 3. The van der Waals surface area contributed by atoms with Gasteiger partial charge in [0.15, 0.2) is 6.61 Å². The second-order valence-corrected chi connectivity index (χ2v) is 8.06. The fourth-order valence-corrected chi connectivity index (χ4v) is 4.03. The molecule has 0 aromatic heterocycles. The van der Waals surface area contributed by atoms with Crippen molar-refractivity contribution in [3.05, 3.63) is 35.1 Å². The van der Waals surface area contributed by atoms with Crippen molar-refractivity contribution in [2.75, 3.05) is 11.5 Å². The minimum atomic E-state index is -4.65. The number of hydrogen-bond donors (Lipinski definition) is 0. The van der Waals surface area contributed by atoms with E-state index in [0.29, 0.717) is 12.8 Å². The third kappa shape index (κ3) is 5.40. The predicted octanol–water partition coefficient (Wildman–Crippen LogP) is 4.59. The van der Waals surface area contributed by atoms with Gasteiger partial charge in [0.1, 0.15) is 17.7 Å². The Morgan fingerprint density at radius 3 is 2.38 bits per heavy atom. The first-order valence-corrected chi connectivity index (χ1v) is 10.3. The Morgan fingerprint density at radius 2 is 1.81 bits per heavy atom. The maximum absolute atomic E-state index is 14.6. The second-order valence-electron chi connectivity index (χ2n) is 7.65. The van der Waals surface area contributed by atoms with Crippen LogP contribution in [0.15, 0.2) is 24.3 Å². The number of imide groups is 1. The van der Waals surface area contributed by atoms with Gasteiger partial charge in [0.05, 0.1) is 22.5 Å².